The summed E-state index contributed by atoms with van der Waals surface area (Å²) in [6.45, 7) is 2.16. The summed E-state index contributed by atoms with van der Waals surface area (Å²) >= 11 is 0. The normalized spacial score (nSPS) is 13.9. The number of hydrogen-bond acceptors (Lipinski definition) is 4. The molecular weight excluding hydrogens is 374 g/mol. The average molecular weight is 397 g/mol. The second kappa shape index (κ2) is 7.75. The van der Waals surface area contributed by atoms with Crippen molar-refractivity contribution < 1.29 is 9.53 Å². The van der Waals surface area contributed by atoms with Gasteiger partial charge in [0.2, 0.25) is 0 Å². The maximum absolute atomic E-state index is 12.6. The van der Waals surface area contributed by atoms with Crippen LogP contribution in [0.4, 0.5) is 0 Å². The minimum atomic E-state index is -0.329. The van der Waals surface area contributed by atoms with Crippen molar-refractivity contribution >= 4 is 16.9 Å². The first-order chi connectivity index (χ1) is 14.7. The molecule has 0 N–H and O–H groups in total. The van der Waals surface area contributed by atoms with Crippen LogP contribution in [0.1, 0.15) is 42.6 Å². The molecule has 0 radical (unpaired) electrons. The Kier molecular flexibility index (Phi) is 4.79. The summed E-state index contributed by atoms with van der Waals surface area (Å²) in [6.07, 6.45) is 5.25. The van der Waals surface area contributed by atoms with Crippen LogP contribution in [0.25, 0.3) is 33.4 Å². The number of hydrogen-bond donors (Lipinski definition) is 0. The van der Waals surface area contributed by atoms with Crippen molar-refractivity contribution in [1.29, 1.82) is 0 Å². The van der Waals surface area contributed by atoms with Crippen molar-refractivity contribution in [3.63, 3.8) is 0 Å². The Hall–Kier alpha value is -3.47. The van der Waals surface area contributed by atoms with Gasteiger partial charge < -0.3 is 4.74 Å². The van der Waals surface area contributed by atoms with E-state index in [0.717, 1.165) is 40.6 Å². The summed E-state index contributed by atoms with van der Waals surface area (Å²) in [5, 5.41) is 5.83. The predicted molar refractivity (Wildman–Crippen MR) is 117 cm³/mol. The maximum atomic E-state index is 12.6. The van der Waals surface area contributed by atoms with Gasteiger partial charge in [-0.05, 0) is 38.3 Å². The molecule has 0 spiro atoms. The molecule has 2 aromatic heterocycles. The smallest absolute Gasteiger partial charge is 0.341 e. The Labute approximate surface area is 175 Å². The lowest BCUT2D eigenvalue weighted by Crippen LogP contribution is -2.17. The van der Waals surface area contributed by atoms with Crippen LogP contribution in [-0.4, -0.2) is 27.3 Å². The molecule has 1 saturated carbocycles. The fourth-order valence-electron chi connectivity index (χ4n) is 3.84. The second-order valence-corrected chi connectivity index (χ2v) is 7.65. The first-order valence-electron chi connectivity index (χ1n) is 10.5. The summed E-state index contributed by atoms with van der Waals surface area (Å²) in [4.78, 5) is 17.5. The maximum Gasteiger partial charge on any atom is 0.341 e. The molecule has 0 saturated heterocycles. The van der Waals surface area contributed by atoms with Gasteiger partial charge in [0.15, 0.2) is 0 Å². The summed E-state index contributed by atoms with van der Waals surface area (Å²) in [5.74, 6) is -0.329. The lowest BCUT2D eigenvalue weighted by atomic mass is 9.93. The number of nitrogens with zero attached hydrogens (tertiary/aromatic N) is 3. The first-order valence-corrected chi connectivity index (χ1v) is 10.5. The van der Waals surface area contributed by atoms with Gasteiger partial charge in [-0.15, -0.1) is 0 Å². The Morgan fingerprint density at radius 1 is 1.07 bits per heavy atom. The van der Waals surface area contributed by atoms with Gasteiger partial charge >= 0.3 is 5.97 Å². The lowest BCUT2D eigenvalue weighted by Gasteiger charge is -2.25. The van der Waals surface area contributed by atoms with Crippen molar-refractivity contribution in [3.8, 4) is 22.5 Å². The highest BCUT2D eigenvalue weighted by Gasteiger charge is 2.25. The van der Waals surface area contributed by atoms with Crippen molar-refractivity contribution in [2.24, 2.45) is 0 Å². The second-order valence-electron chi connectivity index (χ2n) is 7.65. The molecule has 2 aromatic carbocycles. The van der Waals surface area contributed by atoms with Gasteiger partial charge in [-0.3, -0.25) is 4.68 Å². The minimum absolute atomic E-state index is 0.329. The van der Waals surface area contributed by atoms with E-state index in [9.17, 15) is 4.79 Å². The van der Waals surface area contributed by atoms with E-state index in [1.807, 2.05) is 60.3 Å². The zero-order valence-corrected chi connectivity index (χ0v) is 16.9. The monoisotopic (exact) mass is 397 g/mol. The molecule has 4 aromatic rings. The molecule has 30 heavy (non-hydrogen) atoms. The quantitative estimate of drug-likeness (QED) is 0.407. The van der Waals surface area contributed by atoms with E-state index in [1.54, 1.807) is 0 Å². The molecule has 2 heterocycles. The number of pyridine rings is 1. The Balaban J connectivity index is 1.59. The average Bonchev–Trinajstić information content (AvgIpc) is 3.17. The van der Waals surface area contributed by atoms with Crippen LogP contribution in [0.2, 0.25) is 0 Å². The van der Waals surface area contributed by atoms with Crippen LogP contribution in [0.15, 0.2) is 66.9 Å². The summed E-state index contributed by atoms with van der Waals surface area (Å²) < 4.78 is 7.22. The van der Waals surface area contributed by atoms with Crippen molar-refractivity contribution in [3.05, 3.63) is 72.4 Å². The van der Waals surface area contributed by atoms with Gasteiger partial charge in [0.05, 0.1) is 23.9 Å². The van der Waals surface area contributed by atoms with E-state index in [-0.39, 0.29) is 5.97 Å². The molecule has 5 heteroatoms. The zero-order chi connectivity index (χ0) is 20.5. The van der Waals surface area contributed by atoms with Gasteiger partial charge in [0, 0.05) is 22.7 Å². The topological polar surface area (TPSA) is 57.0 Å². The highest BCUT2D eigenvalue weighted by molar-refractivity contribution is 5.97. The molecule has 0 unspecified atom stereocenters. The molecule has 150 valence electrons. The molecule has 1 fully saturated rings. The van der Waals surface area contributed by atoms with Crippen LogP contribution in [-0.2, 0) is 4.74 Å². The third kappa shape index (κ3) is 3.36. The molecule has 0 aliphatic heterocycles. The van der Waals surface area contributed by atoms with Gasteiger partial charge in [0.25, 0.3) is 0 Å². The summed E-state index contributed by atoms with van der Waals surface area (Å²) in [7, 11) is 0. The fraction of sp³-hybridized carbons (Fsp3) is 0.240. The molecule has 0 amide bonds. The molecule has 1 aliphatic carbocycles. The SMILES string of the molecule is CCOC(=O)c1cn(C2CCC2)nc1-c1ccc2ccc(-c3ccccc3)nc2c1. The van der Waals surface area contributed by atoms with E-state index in [4.69, 9.17) is 14.8 Å². The molecule has 0 bridgehead atoms. The largest absolute Gasteiger partial charge is 0.462 e. The minimum Gasteiger partial charge on any atom is -0.462 e. The number of fused-ring (bicyclic) bond motifs is 1. The van der Waals surface area contributed by atoms with Crippen LogP contribution >= 0.6 is 0 Å². The molecular formula is C25H23N3O2. The van der Waals surface area contributed by atoms with Gasteiger partial charge in [0.1, 0.15) is 11.3 Å². The van der Waals surface area contributed by atoms with Gasteiger partial charge in [-0.25, -0.2) is 9.78 Å². The molecule has 5 nitrogen and oxygen atoms in total. The summed E-state index contributed by atoms with van der Waals surface area (Å²) in [6, 6.07) is 20.7. The zero-order valence-electron chi connectivity index (χ0n) is 16.9. The van der Waals surface area contributed by atoms with E-state index >= 15 is 0 Å². The standard InChI is InChI=1S/C25H23N3O2/c1-2-30-25(29)21-16-28(20-9-6-10-20)27-24(21)19-12-11-18-13-14-22(26-23(18)15-19)17-7-4-3-5-8-17/h3-5,7-8,11-16,20H,2,6,9-10H2,1H3. The molecule has 0 atom stereocenters. The van der Waals surface area contributed by atoms with Crippen molar-refractivity contribution in [2.45, 2.75) is 32.2 Å². The third-order valence-electron chi connectivity index (χ3n) is 5.71. The van der Waals surface area contributed by atoms with Crippen LogP contribution in [0.5, 0.6) is 0 Å². The van der Waals surface area contributed by atoms with Crippen LogP contribution in [0.3, 0.4) is 0 Å². The Bertz CT molecular complexity index is 1210. The van der Waals surface area contributed by atoms with E-state index in [0.29, 0.717) is 23.9 Å². The van der Waals surface area contributed by atoms with Gasteiger partial charge in [-0.2, -0.15) is 5.10 Å². The van der Waals surface area contributed by atoms with E-state index in [2.05, 4.69) is 18.2 Å². The lowest BCUT2D eigenvalue weighted by molar-refractivity contribution is 0.0527. The summed E-state index contributed by atoms with van der Waals surface area (Å²) in [5.41, 5.74) is 4.93. The number of carbonyl (C=O) groups is 1. The highest BCUT2D eigenvalue weighted by Crippen LogP contribution is 2.34. The number of aromatic nitrogens is 3. The van der Waals surface area contributed by atoms with E-state index < -0.39 is 0 Å². The number of rotatable bonds is 5. The Morgan fingerprint density at radius 2 is 1.87 bits per heavy atom. The van der Waals surface area contributed by atoms with Crippen molar-refractivity contribution in [1.82, 2.24) is 14.8 Å². The molecule has 1 aliphatic rings. The number of esters is 1. The van der Waals surface area contributed by atoms with Crippen LogP contribution < -0.4 is 0 Å². The predicted octanol–water partition coefficient (Wildman–Crippen LogP) is 5.67. The third-order valence-corrected chi connectivity index (χ3v) is 5.71. The van der Waals surface area contributed by atoms with E-state index in [1.165, 1.54) is 6.42 Å². The highest BCUT2D eigenvalue weighted by atomic mass is 16.5. The van der Waals surface area contributed by atoms with Crippen LogP contribution in [0, 0.1) is 0 Å². The first kappa shape index (κ1) is 18.6. The number of carbonyl (C=O) groups excluding carboxylic acids is 1. The Morgan fingerprint density at radius 3 is 2.60 bits per heavy atom. The van der Waals surface area contributed by atoms with Gasteiger partial charge in [-0.1, -0.05) is 48.5 Å². The number of benzene rings is 2. The number of ether oxygens (including phenoxy) is 1. The fourth-order valence-corrected chi connectivity index (χ4v) is 3.84. The molecule has 5 rings (SSSR count). The van der Waals surface area contributed by atoms with Crippen molar-refractivity contribution in [2.75, 3.05) is 6.61 Å².